The van der Waals surface area contributed by atoms with E-state index in [0.717, 1.165) is 44.1 Å². The second-order valence-corrected chi connectivity index (χ2v) is 9.23. The molecule has 0 bridgehead atoms. The number of thiophene rings is 1. The molecule has 0 aliphatic heterocycles. The van der Waals surface area contributed by atoms with Crippen LogP contribution >= 0.6 is 11.3 Å². The minimum Gasteiger partial charge on any atom is -0.494 e. The highest BCUT2D eigenvalue weighted by Crippen LogP contribution is 2.36. The van der Waals surface area contributed by atoms with Crippen molar-refractivity contribution in [2.45, 2.75) is 27.2 Å². The van der Waals surface area contributed by atoms with E-state index in [2.05, 4.69) is 120 Å². The first-order valence-electron chi connectivity index (χ1n) is 12.1. The Hall–Kier alpha value is -3.08. The minimum atomic E-state index is 0.752. The van der Waals surface area contributed by atoms with Crippen LogP contribution in [0, 0.1) is 6.92 Å². The summed E-state index contributed by atoms with van der Waals surface area (Å²) in [5.74, 6) is 0.933. The summed E-state index contributed by atoms with van der Waals surface area (Å²) in [6, 6.07) is 28.1. The molecule has 1 heterocycles. The molecule has 0 N–H and O–H groups in total. The summed E-state index contributed by atoms with van der Waals surface area (Å²) in [5.41, 5.74) is 7.16. The molecule has 0 amide bonds. The van der Waals surface area contributed by atoms with Gasteiger partial charge in [-0.25, -0.2) is 0 Å². The zero-order valence-electron chi connectivity index (χ0n) is 20.4. The summed E-state index contributed by atoms with van der Waals surface area (Å²) >= 11 is 1.72. The van der Waals surface area contributed by atoms with E-state index in [-0.39, 0.29) is 0 Å². The molecule has 0 saturated carbocycles. The summed E-state index contributed by atoms with van der Waals surface area (Å²) in [4.78, 5) is 4.73. The molecule has 0 saturated heterocycles. The Kier molecular flexibility index (Phi) is 8.40. The maximum atomic E-state index is 5.95. The fraction of sp³-hybridized carbons (Fsp3) is 0.267. The smallest absolute Gasteiger partial charge is 0.119 e. The lowest BCUT2D eigenvalue weighted by atomic mass is 10.0. The number of aryl methyl sites for hydroxylation is 1. The van der Waals surface area contributed by atoms with E-state index in [9.17, 15) is 0 Å². The van der Waals surface area contributed by atoms with Gasteiger partial charge in [-0.05, 0) is 85.4 Å². The average Bonchev–Trinajstić information content (AvgIpc) is 3.41. The zero-order chi connectivity index (χ0) is 23.8. The summed E-state index contributed by atoms with van der Waals surface area (Å²) < 4.78 is 5.95. The average molecular weight is 471 g/mol. The van der Waals surface area contributed by atoms with Crippen LogP contribution in [-0.4, -0.2) is 31.1 Å². The molecule has 0 atom stereocenters. The summed E-state index contributed by atoms with van der Waals surface area (Å²) in [6.07, 6.45) is 1.05. The molecular weight excluding hydrogens is 436 g/mol. The third-order valence-electron chi connectivity index (χ3n) is 6.15. The Morgan fingerprint density at radius 1 is 0.706 bits per heavy atom. The van der Waals surface area contributed by atoms with Gasteiger partial charge in [0.15, 0.2) is 0 Å². The van der Waals surface area contributed by atoms with E-state index < -0.39 is 0 Å². The molecule has 3 nitrogen and oxygen atoms in total. The van der Waals surface area contributed by atoms with Crippen LogP contribution in [0.3, 0.4) is 0 Å². The number of anilines is 3. The minimum absolute atomic E-state index is 0.752. The largest absolute Gasteiger partial charge is 0.494 e. The summed E-state index contributed by atoms with van der Waals surface area (Å²) in [5, 5.41) is 4.31. The Labute approximate surface area is 208 Å². The maximum absolute atomic E-state index is 5.95. The number of nitrogens with zero attached hydrogens (tertiary/aromatic N) is 2. The van der Waals surface area contributed by atoms with Gasteiger partial charge in [-0.2, -0.15) is 11.3 Å². The quantitative estimate of drug-likeness (QED) is 0.205. The molecular formula is C30H34N2OS. The summed E-state index contributed by atoms with van der Waals surface area (Å²) in [6.45, 7) is 10.6. The first kappa shape index (κ1) is 24.1. The van der Waals surface area contributed by atoms with Crippen molar-refractivity contribution >= 4 is 28.4 Å². The lowest BCUT2D eigenvalue weighted by Gasteiger charge is -2.24. The number of ether oxygens (including phenoxy) is 1. The molecule has 0 unspecified atom stereocenters. The molecule has 0 aliphatic carbocycles. The van der Waals surface area contributed by atoms with Crippen molar-refractivity contribution in [1.29, 1.82) is 0 Å². The highest BCUT2D eigenvalue weighted by Gasteiger charge is 2.13. The van der Waals surface area contributed by atoms with E-state index in [0.29, 0.717) is 0 Å². The SMILES string of the molecule is CCN(CC)CCCOc1ccc(-c2ccc(N(c3ccc(C)cc3)c3ccsc3)cc2)cc1. The normalized spacial score (nSPS) is 11.1. The van der Waals surface area contributed by atoms with Crippen molar-refractivity contribution in [2.75, 3.05) is 31.1 Å². The Bertz CT molecular complexity index is 1120. The van der Waals surface area contributed by atoms with Crippen molar-refractivity contribution in [2.24, 2.45) is 0 Å². The van der Waals surface area contributed by atoms with Crippen LogP contribution in [0.25, 0.3) is 11.1 Å². The molecule has 1 aromatic heterocycles. The van der Waals surface area contributed by atoms with Gasteiger partial charge in [0.2, 0.25) is 0 Å². The molecule has 34 heavy (non-hydrogen) atoms. The second kappa shape index (κ2) is 11.9. The third-order valence-corrected chi connectivity index (χ3v) is 6.82. The Morgan fingerprint density at radius 3 is 1.85 bits per heavy atom. The standard InChI is InChI=1S/C30H34N2OS/c1-4-31(5-2)20-6-21-33-30-17-11-26(12-18-30)25-9-15-28(16-10-25)32(29-19-22-34-23-29)27-13-7-24(3)8-14-27/h7-19,22-23H,4-6,20-21H2,1-3H3. The highest BCUT2D eigenvalue weighted by molar-refractivity contribution is 7.08. The van der Waals surface area contributed by atoms with Gasteiger partial charge in [-0.1, -0.05) is 55.8 Å². The van der Waals surface area contributed by atoms with Gasteiger partial charge >= 0.3 is 0 Å². The van der Waals surface area contributed by atoms with Gasteiger partial charge < -0.3 is 14.5 Å². The maximum Gasteiger partial charge on any atom is 0.119 e. The predicted octanol–water partition coefficient (Wildman–Crippen LogP) is 8.30. The fourth-order valence-electron chi connectivity index (χ4n) is 4.09. The molecule has 3 aromatic carbocycles. The molecule has 4 rings (SSSR count). The van der Waals surface area contributed by atoms with Gasteiger partial charge in [-0.15, -0.1) is 0 Å². The monoisotopic (exact) mass is 470 g/mol. The van der Waals surface area contributed by atoms with Crippen LogP contribution < -0.4 is 9.64 Å². The number of hydrogen-bond donors (Lipinski definition) is 0. The Balaban J connectivity index is 1.44. The van der Waals surface area contributed by atoms with E-state index in [1.807, 2.05) is 0 Å². The van der Waals surface area contributed by atoms with Gasteiger partial charge in [0, 0.05) is 23.3 Å². The van der Waals surface area contributed by atoms with Crippen LogP contribution in [0.2, 0.25) is 0 Å². The van der Waals surface area contributed by atoms with Crippen LogP contribution in [-0.2, 0) is 0 Å². The van der Waals surface area contributed by atoms with E-state index in [4.69, 9.17) is 4.74 Å². The van der Waals surface area contributed by atoms with Gasteiger partial charge in [0.05, 0.1) is 12.3 Å². The lowest BCUT2D eigenvalue weighted by molar-refractivity contribution is 0.249. The van der Waals surface area contributed by atoms with Crippen LogP contribution in [0.5, 0.6) is 5.75 Å². The molecule has 4 aromatic rings. The molecule has 0 radical (unpaired) electrons. The van der Waals surface area contributed by atoms with Crippen LogP contribution in [0.4, 0.5) is 17.1 Å². The van der Waals surface area contributed by atoms with Crippen LogP contribution in [0.15, 0.2) is 89.6 Å². The van der Waals surface area contributed by atoms with Crippen LogP contribution in [0.1, 0.15) is 25.8 Å². The van der Waals surface area contributed by atoms with Crippen molar-refractivity contribution in [1.82, 2.24) is 4.90 Å². The van der Waals surface area contributed by atoms with Crippen molar-refractivity contribution in [3.8, 4) is 16.9 Å². The first-order chi connectivity index (χ1) is 16.7. The van der Waals surface area contributed by atoms with E-state index >= 15 is 0 Å². The number of benzene rings is 3. The van der Waals surface area contributed by atoms with Crippen molar-refractivity contribution < 1.29 is 4.74 Å². The zero-order valence-corrected chi connectivity index (χ0v) is 21.2. The lowest BCUT2D eigenvalue weighted by Crippen LogP contribution is -2.25. The van der Waals surface area contributed by atoms with Crippen molar-refractivity contribution in [3.63, 3.8) is 0 Å². The van der Waals surface area contributed by atoms with E-state index in [1.54, 1.807) is 11.3 Å². The first-order valence-corrected chi connectivity index (χ1v) is 13.1. The third kappa shape index (κ3) is 6.07. The topological polar surface area (TPSA) is 15.7 Å². The molecule has 0 aliphatic rings. The van der Waals surface area contributed by atoms with Gasteiger partial charge in [0.1, 0.15) is 5.75 Å². The fourth-order valence-corrected chi connectivity index (χ4v) is 4.71. The number of hydrogen-bond acceptors (Lipinski definition) is 4. The molecule has 4 heteroatoms. The van der Waals surface area contributed by atoms with E-state index in [1.165, 1.54) is 28.1 Å². The molecule has 0 fully saturated rings. The van der Waals surface area contributed by atoms with Gasteiger partial charge in [0.25, 0.3) is 0 Å². The Morgan fingerprint density at radius 2 is 1.29 bits per heavy atom. The predicted molar refractivity (Wildman–Crippen MR) is 147 cm³/mol. The molecule has 0 spiro atoms. The van der Waals surface area contributed by atoms with Gasteiger partial charge in [-0.3, -0.25) is 0 Å². The molecule has 176 valence electrons. The highest BCUT2D eigenvalue weighted by atomic mass is 32.1. The van der Waals surface area contributed by atoms with Crippen molar-refractivity contribution in [3.05, 3.63) is 95.2 Å². The second-order valence-electron chi connectivity index (χ2n) is 8.45. The number of rotatable bonds is 11. The summed E-state index contributed by atoms with van der Waals surface area (Å²) in [7, 11) is 0.